The number of aromatic amines is 1. The lowest BCUT2D eigenvalue weighted by atomic mass is 10.1. The Balaban J connectivity index is 1.75. The fraction of sp³-hybridized carbons (Fsp3) is 0.412. The number of H-pyrrole nitrogens is 1. The molecule has 0 amide bonds. The Kier molecular flexibility index (Phi) is 3.74. The van der Waals surface area contributed by atoms with E-state index in [1.807, 2.05) is 24.3 Å². The summed E-state index contributed by atoms with van der Waals surface area (Å²) in [5.41, 5.74) is 0.759. The molecule has 0 bridgehead atoms. The SMILES string of the molecule is CCC1COC(Cc2ncn[nH]2)(c2cc3cc(OC)ccc3o2)O1. The molecule has 4 rings (SSSR count). The van der Waals surface area contributed by atoms with Crippen molar-refractivity contribution in [1.82, 2.24) is 15.2 Å². The first kappa shape index (κ1) is 15.2. The average Bonchev–Trinajstić information content (AvgIpc) is 3.34. The lowest BCUT2D eigenvalue weighted by Gasteiger charge is -2.24. The van der Waals surface area contributed by atoms with Crippen LogP contribution in [0.15, 0.2) is 35.0 Å². The van der Waals surface area contributed by atoms with Crippen LogP contribution in [0.5, 0.6) is 5.75 Å². The number of nitrogens with one attached hydrogen (secondary N) is 1. The molecule has 126 valence electrons. The minimum absolute atomic E-state index is 0.0238. The first-order chi connectivity index (χ1) is 11.7. The smallest absolute Gasteiger partial charge is 0.236 e. The Labute approximate surface area is 138 Å². The van der Waals surface area contributed by atoms with Crippen molar-refractivity contribution in [3.63, 3.8) is 0 Å². The van der Waals surface area contributed by atoms with E-state index in [-0.39, 0.29) is 6.10 Å². The normalized spacial score (nSPS) is 23.8. The lowest BCUT2D eigenvalue weighted by molar-refractivity contribution is -0.188. The van der Waals surface area contributed by atoms with Crippen molar-refractivity contribution >= 4 is 11.0 Å². The van der Waals surface area contributed by atoms with E-state index in [0.717, 1.165) is 23.1 Å². The molecule has 0 saturated carbocycles. The number of furan rings is 1. The number of nitrogens with zero attached hydrogens (tertiary/aromatic N) is 2. The van der Waals surface area contributed by atoms with Crippen LogP contribution < -0.4 is 4.74 Å². The number of benzene rings is 1. The fourth-order valence-corrected chi connectivity index (χ4v) is 2.95. The predicted molar refractivity (Wildman–Crippen MR) is 85.6 cm³/mol. The summed E-state index contributed by atoms with van der Waals surface area (Å²) in [6, 6.07) is 7.61. The highest BCUT2D eigenvalue weighted by molar-refractivity contribution is 5.79. The molecule has 2 atom stereocenters. The molecule has 0 spiro atoms. The van der Waals surface area contributed by atoms with Gasteiger partial charge >= 0.3 is 0 Å². The van der Waals surface area contributed by atoms with Gasteiger partial charge in [0, 0.05) is 5.39 Å². The standard InChI is InChI=1S/C17H19N3O4/c1-3-12-9-22-17(24-12,8-16-18-10-19-20-16)15-7-11-6-13(21-2)4-5-14(11)23-15/h4-7,10,12H,3,8-9H2,1-2H3,(H,18,19,20). The molecule has 1 N–H and O–H groups in total. The van der Waals surface area contributed by atoms with Gasteiger partial charge in [-0.05, 0) is 30.7 Å². The van der Waals surface area contributed by atoms with E-state index < -0.39 is 5.79 Å². The van der Waals surface area contributed by atoms with Crippen molar-refractivity contribution in [2.75, 3.05) is 13.7 Å². The van der Waals surface area contributed by atoms with Crippen LogP contribution >= 0.6 is 0 Å². The maximum Gasteiger partial charge on any atom is 0.236 e. The highest BCUT2D eigenvalue weighted by Gasteiger charge is 2.46. The Hall–Kier alpha value is -2.38. The van der Waals surface area contributed by atoms with Crippen LogP contribution in [0.4, 0.5) is 0 Å². The molecular weight excluding hydrogens is 310 g/mol. The van der Waals surface area contributed by atoms with E-state index in [1.165, 1.54) is 6.33 Å². The second kappa shape index (κ2) is 5.92. The van der Waals surface area contributed by atoms with E-state index >= 15 is 0 Å². The van der Waals surface area contributed by atoms with Gasteiger partial charge in [-0.3, -0.25) is 5.10 Å². The molecule has 24 heavy (non-hydrogen) atoms. The molecule has 7 heteroatoms. The number of methoxy groups -OCH3 is 1. The molecule has 2 unspecified atom stereocenters. The second-order valence-corrected chi connectivity index (χ2v) is 5.84. The number of fused-ring (bicyclic) bond motifs is 1. The van der Waals surface area contributed by atoms with Gasteiger partial charge in [-0.25, -0.2) is 4.98 Å². The molecular formula is C17H19N3O4. The number of rotatable bonds is 5. The van der Waals surface area contributed by atoms with Crippen LogP contribution in [0, 0.1) is 0 Å². The van der Waals surface area contributed by atoms with Crippen LogP contribution in [0.3, 0.4) is 0 Å². The van der Waals surface area contributed by atoms with Crippen molar-refractivity contribution in [2.45, 2.75) is 31.7 Å². The van der Waals surface area contributed by atoms with Crippen LogP contribution in [0.1, 0.15) is 24.9 Å². The van der Waals surface area contributed by atoms with Crippen molar-refractivity contribution in [2.24, 2.45) is 0 Å². The monoisotopic (exact) mass is 329 g/mol. The summed E-state index contributed by atoms with van der Waals surface area (Å²) in [5.74, 6) is 1.09. The minimum Gasteiger partial charge on any atom is -0.497 e. The number of ether oxygens (including phenoxy) is 3. The van der Waals surface area contributed by atoms with Crippen LogP contribution in [-0.4, -0.2) is 35.0 Å². The zero-order valence-corrected chi connectivity index (χ0v) is 13.6. The highest BCUT2D eigenvalue weighted by Crippen LogP contribution is 2.40. The van der Waals surface area contributed by atoms with Crippen molar-refractivity contribution in [3.8, 4) is 5.75 Å². The third-order valence-electron chi connectivity index (χ3n) is 4.28. The summed E-state index contributed by atoms with van der Waals surface area (Å²) >= 11 is 0. The first-order valence-corrected chi connectivity index (χ1v) is 7.96. The predicted octanol–water partition coefficient (Wildman–Crippen LogP) is 2.78. The maximum absolute atomic E-state index is 6.21. The summed E-state index contributed by atoms with van der Waals surface area (Å²) in [6.45, 7) is 2.59. The number of hydrogen-bond acceptors (Lipinski definition) is 6. The van der Waals surface area contributed by atoms with Crippen molar-refractivity contribution < 1.29 is 18.6 Å². The van der Waals surface area contributed by atoms with Gasteiger partial charge in [0.2, 0.25) is 5.79 Å². The van der Waals surface area contributed by atoms with E-state index in [9.17, 15) is 0 Å². The molecule has 3 aromatic rings. The average molecular weight is 329 g/mol. The van der Waals surface area contributed by atoms with E-state index in [1.54, 1.807) is 7.11 Å². The summed E-state index contributed by atoms with van der Waals surface area (Å²) in [4.78, 5) is 4.19. The third kappa shape index (κ3) is 2.55. The summed E-state index contributed by atoms with van der Waals surface area (Å²) in [6.07, 6.45) is 2.77. The van der Waals surface area contributed by atoms with Crippen LogP contribution in [-0.2, 0) is 21.7 Å². The molecule has 0 aliphatic carbocycles. The van der Waals surface area contributed by atoms with Gasteiger partial charge in [0.1, 0.15) is 23.5 Å². The molecule has 1 aliphatic heterocycles. The Morgan fingerprint density at radius 2 is 2.29 bits per heavy atom. The molecule has 1 fully saturated rings. The summed E-state index contributed by atoms with van der Waals surface area (Å²) in [5, 5.41) is 7.70. The molecule has 1 aromatic carbocycles. The van der Waals surface area contributed by atoms with Gasteiger partial charge in [-0.2, -0.15) is 5.10 Å². The van der Waals surface area contributed by atoms with Gasteiger partial charge in [0.05, 0.1) is 26.2 Å². The van der Waals surface area contributed by atoms with Gasteiger partial charge in [0.15, 0.2) is 5.76 Å². The Morgan fingerprint density at radius 1 is 1.38 bits per heavy atom. The van der Waals surface area contributed by atoms with Gasteiger partial charge in [-0.15, -0.1) is 0 Å². The summed E-state index contributed by atoms with van der Waals surface area (Å²) in [7, 11) is 1.64. The molecule has 7 nitrogen and oxygen atoms in total. The Bertz CT molecular complexity index is 830. The topological polar surface area (TPSA) is 82.4 Å². The molecule has 2 aromatic heterocycles. The summed E-state index contributed by atoms with van der Waals surface area (Å²) < 4.78 is 23.6. The van der Waals surface area contributed by atoms with E-state index in [4.69, 9.17) is 18.6 Å². The molecule has 3 heterocycles. The first-order valence-electron chi connectivity index (χ1n) is 7.96. The zero-order valence-electron chi connectivity index (χ0n) is 13.6. The zero-order chi connectivity index (χ0) is 16.6. The molecule has 0 radical (unpaired) electrons. The van der Waals surface area contributed by atoms with Crippen molar-refractivity contribution in [3.05, 3.63) is 42.2 Å². The van der Waals surface area contributed by atoms with E-state index in [0.29, 0.717) is 24.6 Å². The fourth-order valence-electron chi connectivity index (χ4n) is 2.95. The van der Waals surface area contributed by atoms with Crippen LogP contribution in [0.25, 0.3) is 11.0 Å². The number of aromatic nitrogens is 3. The largest absolute Gasteiger partial charge is 0.497 e. The molecule has 1 aliphatic rings. The second-order valence-electron chi connectivity index (χ2n) is 5.84. The lowest BCUT2D eigenvalue weighted by Crippen LogP contribution is -2.31. The molecule has 1 saturated heterocycles. The highest BCUT2D eigenvalue weighted by atomic mass is 16.8. The van der Waals surface area contributed by atoms with Crippen LogP contribution in [0.2, 0.25) is 0 Å². The van der Waals surface area contributed by atoms with E-state index in [2.05, 4.69) is 22.1 Å². The van der Waals surface area contributed by atoms with Gasteiger partial charge in [0.25, 0.3) is 0 Å². The quantitative estimate of drug-likeness (QED) is 0.775. The van der Waals surface area contributed by atoms with Crippen molar-refractivity contribution in [1.29, 1.82) is 0 Å². The minimum atomic E-state index is -0.994. The number of hydrogen-bond donors (Lipinski definition) is 1. The third-order valence-corrected chi connectivity index (χ3v) is 4.28. The maximum atomic E-state index is 6.21. The van der Waals surface area contributed by atoms with Gasteiger partial charge < -0.3 is 18.6 Å². The Morgan fingerprint density at radius 3 is 3.00 bits per heavy atom. The van der Waals surface area contributed by atoms with Gasteiger partial charge in [-0.1, -0.05) is 6.92 Å².